The number of nitrogens with two attached hydrogens (primary N) is 1. The number of hydrogen-bond acceptors (Lipinski definition) is 4. The maximum absolute atomic E-state index is 9.13. The van der Waals surface area contributed by atoms with E-state index in [0.29, 0.717) is 11.7 Å². The number of carbonyl (C=O) groups is 1. The van der Waals surface area contributed by atoms with Gasteiger partial charge in [0.05, 0.1) is 5.97 Å². The Morgan fingerprint density at radius 2 is 2.00 bits per heavy atom. The maximum atomic E-state index is 9.13. The molecule has 0 unspecified atom stereocenters. The lowest BCUT2D eigenvalue weighted by atomic mass is 10.7. The molecule has 0 saturated carbocycles. The maximum Gasteiger partial charge on any atom is 0.455 e. The molecule has 2 N–H and O–H groups in total. The smallest absolute Gasteiger partial charge is 0.455 e. The second-order valence-electron chi connectivity index (χ2n) is 0.743. The van der Waals surface area contributed by atoms with Crippen molar-refractivity contribution < 1.29 is 14.1 Å². The Balaban J connectivity index is 0. The molecule has 8 heavy (non-hydrogen) atoms. The number of carboxylic acid groups (broad SMARTS) is 1. The number of carboxylic acids is 1. The molecule has 0 radical (unpaired) electrons. The lowest BCUT2D eigenvalue weighted by Gasteiger charge is -1.87. The molecule has 0 spiro atoms. The van der Waals surface area contributed by atoms with E-state index in [9.17, 15) is 0 Å². The van der Waals surface area contributed by atoms with Crippen molar-refractivity contribution in [2.45, 2.75) is 0 Å². The summed E-state index contributed by atoms with van der Waals surface area (Å²) in [4.78, 5) is 9.13. The van der Waals surface area contributed by atoms with Gasteiger partial charge in [-0.2, -0.15) is 0 Å². The second kappa shape index (κ2) is 9.67. The predicted molar refractivity (Wildman–Crippen MR) is 28.0 cm³/mol. The lowest BCUT2D eigenvalue weighted by Crippen LogP contribution is -2.30. The fourth-order valence-corrected chi connectivity index (χ4v) is 0. The molecule has 0 atom stereocenters. The number of carbonyl (C=O) groups excluding carboxylic acids is 1. The zero-order valence-electron chi connectivity index (χ0n) is 4.42. The van der Waals surface area contributed by atoms with Crippen LogP contribution in [-0.4, -0.2) is 18.8 Å². The molecule has 0 aromatic carbocycles. The van der Waals surface area contributed by atoms with E-state index in [0.717, 1.165) is 0 Å². The first kappa shape index (κ1) is 10.4. The number of rotatable bonds is 1. The van der Waals surface area contributed by atoms with Gasteiger partial charge in [0.1, 0.15) is 0 Å². The summed E-state index contributed by atoms with van der Waals surface area (Å²) in [7, 11) is 0. The summed E-state index contributed by atoms with van der Waals surface area (Å²) >= 11 is 0.500. The molecule has 0 aliphatic carbocycles. The normalized spacial score (nSPS) is 6.25. The molecular formula is C3H7NO3S. The quantitative estimate of drug-likeness (QED) is 0.413. The molecule has 0 aliphatic heterocycles. The first-order valence-electron chi connectivity index (χ1n) is 1.74. The third-order valence-electron chi connectivity index (χ3n) is 0.167. The second-order valence-corrected chi connectivity index (χ2v) is 1.08. The summed E-state index contributed by atoms with van der Waals surface area (Å²) in [6.07, 6.45) is 1.49. The van der Waals surface area contributed by atoms with E-state index >= 15 is 0 Å². The van der Waals surface area contributed by atoms with Crippen molar-refractivity contribution in [2.75, 3.05) is 12.8 Å². The van der Waals surface area contributed by atoms with Crippen molar-refractivity contribution in [1.29, 1.82) is 0 Å². The van der Waals surface area contributed by atoms with Gasteiger partial charge in [0.25, 0.3) is 0 Å². The highest BCUT2D eigenvalue weighted by Crippen LogP contribution is 1.33. The van der Waals surface area contributed by atoms with Gasteiger partial charge in [-0.05, 0) is 0 Å². The standard InChI is InChI=1S/C2H5NO2.CH3OS/c3-1-2(4)5;1-3-2/h1,3H2,(H,4,5);1H3/q;+1/p-1. The van der Waals surface area contributed by atoms with Crippen molar-refractivity contribution in [2.24, 2.45) is 5.73 Å². The summed E-state index contributed by atoms with van der Waals surface area (Å²) in [6.45, 7) is -0.389. The lowest BCUT2D eigenvalue weighted by molar-refractivity contribution is -0.303. The Morgan fingerprint density at radius 1 is 1.88 bits per heavy atom. The van der Waals surface area contributed by atoms with Gasteiger partial charge >= 0.3 is 11.7 Å². The monoisotopic (exact) mass is 137 g/mol. The van der Waals surface area contributed by atoms with E-state index in [4.69, 9.17) is 14.1 Å². The van der Waals surface area contributed by atoms with Gasteiger partial charge in [-0.15, -0.1) is 0 Å². The molecule has 0 aromatic rings. The average Bonchev–Trinajstić information content (AvgIpc) is 1.69. The molecule has 0 saturated heterocycles. The van der Waals surface area contributed by atoms with Crippen LogP contribution in [0.1, 0.15) is 0 Å². The third-order valence-corrected chi connectivity index (χ3v) is 0.167. The molecule has 0 heterocycles. The highest BCUT2D eigenvalue weighted by molar-refractivity contribution is 7.64. The molecule has 0 rings (SSSR count). The number of aliphatic carboxylic acids is 1. The molecule has 0 aromatic heterocycles. The minimum absolute atomic E-state index is 0.389. The zero-order chi connectivity index (χ0) is 6.99. The molecule has 0 amide bonds. The third kappa shape index (κ3) is 51.3. The van der Waals surface area contributed by atoms with Crippen molar-refractivity contribution in [3.63, 3.8) is 0 Å². The number of hydrogen-bond donors (Lipinski definition) is 1. The fourth-order valence-electron chi connectivity index (χ4n) is 0. The fraction of sp³-hybridized carbons (Fsp3) is 0.667. The zero-order valence-corrected chi connectivity index (χ0v) is 5.23. The summed E-state index contributed by atoms with van der Waals surface area (Å²) in [5.41, 5.74) is 4.51. The van der Waals surface area contributed by atoms with Crippen LogP contribution in [0.25, 0.3) is 0 Å². The van der Waals surface area contributed by atoms with Crippen LogP contribution in [0.2, 0.25) is 0 Å². The van der Waals surface area contributed by atoms with E-state index in [1.54, 1.807) is 0 Å². The summed E-state index contributed by atoms with van der Waals surface area (Å²) < 4.78 is 8.85. The van der Waals surface area contributed by atoms with Gasteiger partial charge in [0.2, 0.25) is 6.26 Å². The Kier molecular flexibility index (Phi) is 12.6. The van der Waals surface area contributed by atoms with Gasteiger partial charge in [-0.1, -0.05) is 0 Å². The van der Waals surface area contributed by atoms with Crippen molar-refractivity contribution >= 4 is 17.6 Å². The van der Waals surface area contributed by atoms with Crippen LogP contribution >= 0.6 is 0 Å². The topological polar surface area (TPSA) is 83.2 Å². The van der Waals surface area contributed by atoms with Crippen LogP contribution in [0.5, 0.6) is 0 Å². The van der Waals surface area contributed by atoms with E-state index in [1.807, 2.05) is 0 Å². The summed E-state index contributed by atoms with van der Waals surface area (Å²) in [5.74, 6) is -1.22. The van der Waals surface area contributed by atoms with Crippen LogP contribution in [0, 0.1) is 0 Å². The Labute approximate surface area is 51.2 Å². The van der Waals surface area contributed by atoms with E-state index in [2.05, 4.69) is 5.73 Å². The van der Waals surface area contributed by atoms with Crippen LogP contribution in [-0.2, 0) is 20.7 Å². The molecule has 4 nitrogen and oxygen atoms in total. The summed E-state index contributed by atoms with van der Waals surface area (Å²) in [6, 6.07) is 0. The van der Waals surface area contributed by atoms with Gasteiger partial charge < -0.3 is 15.6 Å². The van der Waals surface area contributed by atoms with Gasteiger partial charge in [-0.25, -0.2) is 0 Å². The summed E-state index contributed by atoms with van der Waals surface area (Å²) in [5, 5.41) is 9.13. The van der Waals surface area contributed by atoms with Gasteiger partial charge in [0, 0.05) is 10.8 Å². The van der Waals surface area contributed by atoms with Crippen LogP contribution in [0.4, 0.5) is 0 Å². The largest absolute Gasteiger partial charge is 0.549 e. The molecule has 5 heteroatoms. The molecule has 0 fully saturated rings. The highest BCUT2D eigenvalue weighted by Gasteiger charge is 1.65. The first-order chi connectivity index (χ1) is 3.68. The minimum atomic E-state index is -1.22. The Bertz CT molecular complexity index is 74.9. The van der Waals surface area contributed by atoms with Crippen LogP contribution < -0.4 is 10.8 Å². The first-order valence-corrected chi connectivity index (χ1v) is 2.89. The van der Waals surface area contributed by atoms with Gasteiger partial charge in [-0.3, -0.25) is 0 Å². The Morgan fingerprint density at radius 3 is 2.00 bits per heavy atom. The SMILES string of the molecule is C[S+]=O.NCC(=O)[O-]. The van der Waals surface area contributed by atoms with E-state index in [-0.39, 0.29) is 6.54 Å². The van der Waals surface area contributed by atoms with Crippen molar-refractivity contribution in [3.8, 4) is 0 Å². The molecular weight excluding hydrogens is 130 g/mol. The Hall–Kier alpha value is -0.550. The van der Waals surface area contributed by atoms with Gasteiger partial charge in [0.15, 0.2) is 0 Å². The van der Waals surface area contributed by atoms with Crippen molar-refractivity contribution in [3.05, 3.63) is 0 Å². The van der Waals surface area contributed by atoms with Crippen LogP contribution in [0.15, 0.2) is 0 Å². The van der Waals surface area contributed by atoms with Crippen LogP contribution in [0.3, 0.4) is 0 Å². The molecule has 48 valence electrons. The van der Waals surface area contributed by atoms with E-state index in [1.165, 1.54) is 6.26 Å². The highest BCUT2D eigenvalue weighted by atomic mass is 32.1. The minimum Gasteiger partial charge on any atom is -0.549 e. The predicted octanol–water partition coefficient (Wildman–Crippen LogP) is -2.26. The van der Waals surface area contributed by atoms with E-state index < -0.39 is 5.97 Å². The average molecular weight is 137 g/mol. The molecule has 0 bridgehead atoms. The van der Waals surface area contributed by atoms with Crippen molar-refractivity contribution in [1.82, 2.24) is 0 Å². The molecule has 0 aliphatic rings.